The van der Waals surface area contributed by atoms with Gasteiger partial charge in [-0.25, -0.2) is 0 Å². The van der Waals surface area contributed by atoms with Crippen molar-refractivity contribution in [3.63, 3.8) is 0 Å². The Morgan fingerprint density at radius 3 is 0.901 bits per heavy atom. The van der Waals surface area contributed by atoms with Gasteiger partial charge in [0.05, 0.1) is 0 Å². The summed E-state index contributed by atoms with van der Waals surface area (Å²) in [4.78, 5) is 0. The van der Waals surface area contributed by atoms with Crippen LogP contribution in [0.5, 0.6) is 0 Å². The summed E-state index contributed by atoms with van der Waals surface area (Å²) in [5, 5.41) is 6.76. The number of aryl methyl sites for hydroxylation is 6. The Morgan fingerprint density at radius 1 is 0.352 bits per heavy atom. The molecule has 0 heterocycles. The van der Waals surface area contributed by atoms with Crippen LogP contribution in [0.25, 0.3) is 0 Å². The fourth-order valence-electron chi connectivity index (χ4n) is 11.3. The van der Waals surface area contributed by atoms with Gasteiger partial charge in [-0.3, -0.25) is 0 Å². The summed E-state index contributed by atoms with van der Waals surface area (Å²) in [7, 11) is -2.97. The summed E-state index contributed by atoms with van der Waals surface area (Å²) >= 11 is 2.55. The number of benzene rings is 4. The molecule has 5 rings (SSSR count). The van der Waals surface area contributed by atoms with Crippen molar-refractivity contribution in [2.24, 2.45) is 0 Å². The Bertz CT molecular complexity index is 1840. The van der Waals surface area contributed by atoms with Gasteiger partial charge in [-0.05, 0) is 0 Å². The van der Waals surface area contributed by atoms with Crippen molar-refractivity contribution in [1.82, 2.24) is 0 Å². The van der Waals surface area contributed by atoms with Crippen LogP contribution in [0.2, 0.25) is 0 Å². The van der Waals surface area contributed by atoms with E-state index in [1.54, 1.807) is 63.6 Å². The van der Waals surface area contributed by atoms with E-state index in [2.05, 4.69) is 153 Å². The van der Waals surface area contributed by atoms with Gasteiger partial charge >= 0.3 is 436 Å². The van der Waals surface area contributed by atoms with Gasteiger partial charge in [0, 0.05) is 0 Å². The molecular formula is C66H97Cl3SiTi. The molecule has 390 valence electrons. The van der Waals surface area contributed by atoms with Crippen molar-refractivity contribution >= 4 is 23.6 Å². The maximum atomic E-state index is 2.82. The molecule has 0 N–H and O–H groups in total. The molecule has 1 aliphatic rings. The van der Waals surface area contributed by atoms with E-state index in [9.17, 15) is 0 Å². The second kappa shape index (κ2) is 37.8. The molecule has 0 amide bonds. The Hall–Kier alpha value is -1.84. The molecular weight excluding hydrogens is 975 g/mol. The Labute approximate surface area is 469 Å². The second-order valence-corrected chi connectivity index (χ2v) is 25.9. The number of unbranched alkanes of at least 4 members (excludes halogenated alkanes) is 18. The number of hydrogen-bond acceptors (Lipinski definition) is 0. The number of halogens is 3. The zero-order chi connectivity index (χ0) is 48.2. The quantitative estimate of drug-likeness (QED) is 0.0243. The third-order valence-corrected chi connectivity index (χ3v) is 21.1. The molecule has 0 atom stereocenters. The number of allylic oxidation sites excluding steroid dienone is 4. The smallest absolute Gasteiger partial charge is 1.00 e. The molecule has 0 saturated carbocycles. The Morgan fingerprint density at radius 2 is 0.634 bits per heavy atom. The van der Waals surface area contributed by atoms with Gasteiger partial charge in [0.25, 0.3) is 0 Å². The van der Waals surface area contributed by atoms with Crippen molar-refractivity contribution in [2.45, 2.75) is 247 Å². The van der Waals surface area contributed by atoms with Crippen LogP contribution in [-0.2, 0) is 65.4 Å². The zero-order valence-corrected chi connectivity index (χ0v) is 50.8. The van der Waals surface area contributed by atoms with E-state index < -0.39 is 8.07 Å². The molecule has 5 heteroatoms. The minimum Gasteiger partial charge on any atom is -1.00 e. The summed E-state index contributed by atoms with van der Waals surface area (Å²) in [5.74, 6) is 0. The van der Waals surface area contributed by atoms with Crippen molar-refractivity contribution in [3.8, 4) is 0 Å². The van der Waals surface area contributed by atoms with Crippen molar-refractivity contribution < 1.29 is 57.7 Å². The first-order chi connectivity index (χ1) is 33.4. The van der Waals surface area contributed by atoms with Gasteiger partial charge in [0.2, 0.25) is 0 Å². The third-order valence-electron chi connectivity index (χ3n) is 15.2. The summed E-state index contributed by atoms with van der Waals surface area (Å²) in [6.07, 6.45) is 43.2. The van der Waals surface area contributed by atoms with Crippen molar-refractivity contribution in [2.75, 3.05) is 0 Å². The van der Waals surface area contributed by atoms with Crippen LogP contribution >= 0.6 is 0 Å². The van der Waals surface area contributed by atoms with E-state index in [-0.39, 0.29) is 37.2 Å². The van der Waals surface area contributed by atoms with Gasteiger partial charge in [0.1, 0.15) is 0 Å². The molecule has 71 heavy (non-hydrogen) atoms. The topological polar surface area (TPSA) is 0 Å². The van der Waals surface area contributed by atoms with Crippen LogP contribution in [0.4, 0.5) is 0 Å². The SMILES string of the molecule is CCCCCCc1cc(CCCCCC)cc([Si](C2=[C]([Ti+3])CC=C2Cc2ccccc2)(c2cc(CCCCCC)cc(CCCCCC)c2)c2cc(CCCCCC)cc(CCCCCC)c2)c1.[Cl-].[Cl-].[Cl-]. The molecule has 4 aromatic rings. The van der Waals surface area contributed by atoms with E-state index in [1.807, 2.05) is 0 Å². The molecule has 4 aromatic carbocycles. The molecule has 0 nitrogen and oxygen atoms in total. The fraction of sp³-hybridized carbons (Fsp3) is 0.576. The molecule has 0 bridgehead atoms. The van der Waals surface area contributed by atoms with Gasteiger partial charge in [-0.1, -0.05) is 0 Å². The number of hydrogen-bond donors (Lipinski definition) is 0. The van der Waals surface area contributed by atoms with Gasteiger partial charge < -0.3 is 37.2 Å². The maximum Gasteiger partial charge on any atom is -1.00 e. The predicted octanol–water partition coefficient (Wildman–Crippen LogP) is 8.82. The molecule has 1 aliphatic carbocycles. The first-order valence-electron chi connectivity index (χ1n) is 29.0. The van der Waals surface area contributed by atoms with E-state index >= 15 is 0 Å². The molecule has 0 saturated heterocycles. The molecule has 0 aliphatic heterocycles. The summed E-state index contributed by atoms with van der Waals surface area (Å²) < 4.78 is 1.62. The van der Waals surface area contributed by atoms with Crippen LogP contribution in [0.1, 0.15) is 241 Å². The van der Waals surface area contributed by atoms with Crippen LogP contribution < -0.4 is 52.8 Å². The maximum absolute atomic E-state index is 2.97. The van der Waals surface area contributed by atoms with Crippen LogP contribution in [0.3, 0.4) is 0 Å². The molecule has 0 fully saturated rings. The van der Waals surface area contributed by atoms with E-state index in [0.29, 0.717) is 0 Å². The van der Waals surface area contributed by atoms with E-state index in [0.717, 1.165) is 12.8 Å². The Kier molecular flexibility index (Phi) is 34.8. The van der Waals surface area contributed by atoms with E-state index in [4.69, 9.17) is 0 Å². The van der Waals surface area contributed by atoms with Gasteiger partial charge in [0.15, 0.2) is 0 Å². The van der Waals surface area contributed by atoms with Crippen LogP contribution in [-0.4, -0.2) is 8.07 Å². The molecule has 0 aromatic heterocycles. The summed E-state index contributed by atoms with van der Waals surface area (Å²) in [6.45, 7) is 14.2. The van der Waals surface area contributed by atoms with Crippen LogP contribution in [0.15, 0.2) is 106 Å². The van der Waals surface area contributed by atoms with Gasteiger partial charge in [-0.2, -0.15) is 0 Å². The summed E-state index contributed by atoms with van der Waals surface area (Å²) in [6, 6.07) is 36.4. The normalized spacial score (nSPS) is 12.4. The second-order valence-electron chi connectivity index (χ2n) is 21.2. The monoisotopic (exact) mass is 1070 g/mol. The zero-order valence-electron chi connectivity index (χ0n) is 45.9. The fourth-order valence-corrected chi connectivity index (χ4v) is 18.1. The third kappa shape index (κ3) is 21.0. The average Bonchev–Trinajstić information content (AvgIpc) is 3.71. The van der Waals surface area contributed by atoms with Crippen molar-refractivity contribution in [1.29, 1.82) is 0 Å². The Balaban J connectivity index is 0.00000576. The van der Waals surface area contributed by atoms with E-state index in [1.165, 1.54) is 198 Å². The predicted molar refractivity (Wildman–Crippen MR) is 301 cm³/mol. The minimum atomic E-state index is -2.97. The molecule has 0 unspecified atom stereocenters. The van der Waals surface area contributed by atoms with Crippen molar-refractivity contribution in [3.05, 3.63) is 145 Å². The first kappa shape index (κ1) is 65.3. The summed E-state index contributed by atoms with van der Waals surface area (Å²) in [5.41, 5.74) is 12.6. The standard InChI is InChI=1S/C66H97Si.3ClH.Ti/c1-7-13-19-26-37-56-45-57(38-27-20-14-8-2)50-63(49-56)67(66-44-34-43-62(66)48-55-35-32-25-33-36-55,64-51-58(39-28-21-15-9-3)46-59(52-64)40-29-22-16-10-4)65-53-60(41-30-23-17-11-5)47-61(54-65)42-31-24-18-12-6;;;;/h25,32-33,35-36,43,45-47,49-54H,7-24,26-31,34,37-42,48H2,1-6H3;3*1H;/q;;;;+3/p-3. The average molecular weight is 1070 g/mol. The van der Waals surface area contributed by atoms with Gasteiger partial charge in [-0.15, -0.1) is 0 Å². The number of rotatable bonds is 36. The first-order valence-corrected chi connectivity index (χ1v) is 31.8. The van der Waals surface area contributed by atoms with Crippen LogP contribution in [0, 0.1) is 0 Å². The molecule has 0 spiro atoms. The minimum absolute atomic E-state index is 0. The molecule has 0 radical (unpaired) electrons. The largest absolute Gasteiger partial charge is 1.00 e.